The van der Waals surface area contributed by atoms with E-state index < -0.39 is 18.5 Å². The van der Waals surface area contributed by atoms with Gasteiger partial charge in [0, 0.05) is 10.3 Å². The number of hydrogen-bond donors (Lipinski definition) is 1. The number of fused-ring (bicyclic) bond motifs is 2. The smallest absolute Gasteiger partial charge is 0.339 e. The third kappa shape index (κ3) is 4.88. The summed E-state index contributed by atoms with van der Waals surface area (Å²) in [5.74, 6) is -0.0340. The molecule has 0 fully saturated rings. The number of nitrogens with one attached hydrogen (secondary N) is 1. The van der Waals surface area contributed by atoms with Crippen molar-refractivity contribution in [1.82, 2.24) is 4.98 Å². The molecule has 8 heteroatoms. The maximum absolute atomic E-state index is 13.3. The quantitative estimate of drug-likeness (QED) is 0.258. The number of aromatic nitrogens is 1. The number of allylic oxidation sites excluding steroid dienone is 1. The molecule has 0 saturated heterocycles. The summed E-state index contributed by atoms with van der Waals surface area (Å²) in [5, 5.41) is 12.3. The highest BCUT2D eigenvalue weighted by atomic mass is 32.2. The van der Waals surface area contributed by atoms with Gasteiger partial charge in [-0.3, -0.25) is 4.79 Å². The van der Waals surface area contributed by atoms with Crippen LogP contribution < -0.4 is 5.32 Å². The van der Waals surface area contributed by atoms with Gasteiger partial charge < -0.3 is 14.5 Å². The monoisotopic (exact) mass is 495 g/mol. The van der Waals surface area contributed by atoms with Crippen molar-refractivity contribution >= 4 is 51.9 Å². The Morgan fingerprint density at radius 3 is 2.78 bits per heavy atom. The fourth-order valence-corrected chi connectivity index (χ4v) is 4.92. The minimum atomic E-state index is -0.564. The molecule has 0 atom stereocenters. The van der Waals surface area contributed by atoms with E-state index in [1.165, 1.54) is 11.8 Å². The molecule has 4 aromatic rings. The lowest BCUT2D eigenvalue weighted by atomic mass is 10.0. The summed E-state index contributed by atoms with van der Waals surface area (Å²) in [7, 11) is 0. The van der Waals surface area contributed by atoms with Gasteiger partial charge in [0.05, 0.1) is 40.5 Å². The summed E-state index contributed by atoms with van der Waals surface area (Å²) in [6.45, 7) is -0.434. The summed E-state index contributed by atoms with van der Waals surface area (Å²) in [4.78, 5) is 31.5. The van der Waals surface area contributed by atoms with E-state index in [-0.39, 0.29) is 5.75 Å². The predicted octanol–water partition coefficient (Wildman–Crippen LogP) is 5.73. The van der Waals surface area contributed by atoms with Gasteiger partial charge in [-0.1, -0.05) is 30.3 Å². The second-order valence-corrected chi connectivity index (χ2v) is 9.10. The van der Waals surface area contributed by atoms with Crippen LogP contribution in [-0.2, 0) is 16.0 Å². The highest BCUT2D eigenvalue weighted by molar-refractivity contribution is 7.99. The number of furan rings is 1. The highest BCUT2D eigenvalue weighted by Crippen LogP contribution is 2.38. The highest BCUT2D eigenvalue weighted by Gasteiger charge is 2.28. The summed E-state index contributed by atoms with van der Waals surface area (Å²) < 4.78 is 10.9. The van der Waals surface area contributed by atoms with Crippen LogP contribution in [0.1, 0.15) is 33.8 Å². The first-order valence-electron chi connectivity index (χ1n) is 11.4. The molecule has 36 heavy (non-hydrogen) atoms. The van der Waals surface area contributed by atoms with Crippen molar-refractivity contribution in [2.75, 3.05) is 17.7 Å². The number of carbonyl (C=O) groups is 2. The molecule has 5 rings (SSSR count). The Bertz CT molecular complexity index is 1520. The Kier molecular flexibility index (Phi) is 6.83. The number of rotatable bonds is 7. The normalized spacial score (nSPS) is 13.4. The average Bonchev–Trinajstić information content (AvgIpc) is 3.56. The van der Waals surface area contributed by atoms with Gasteiger partial charge in [0.25, 0.3) is 5.91 Å². The number of hydrogen-bond acceptors (Lipinski definition) is 7. The van der Waals surface area contributed by atoms with Gasteiger partial charge in [0.1, 0.15) is 5.76 Å². The lowest BCUT2D eigenvalue weighted by Gasteiger charge is -2.13. The second kappa shape index (κ2) is 10.5. The van der Waals surface area contributed by atoms with Gasteiger partial charge in [0.2, 0.25) is 0 Å². The molecule has 0 spiro atoms. The van der Waals surface area contributed by atoms with E-state index in [1.807, 2.05) is 54.6 Å². The van der Waals surface area contributed by atoms with Crippen LogP contribution in [0.3, 0.4) is 0 Å². The maximum atomic E-state index is 13.3. The summed E-state index contributed by atoms with van der Waals surface area (Å²) >= 11 is 1.32. The summed E-state index contributed by atoms with van der Waals surface area (Å²) in [5.41, 5.74) is 4.26. The van der Waals surface area contributed by atoms with Crippen LogP contribution in [0.5, 0.6) is 0 Å². The second-order valence-electron chi connectivity index (χ2n) is 8.08. The Morgan fingerprint density at radius 2 is 1.94 bits per heavy atom. The number of ether oxygens (including phenoxy) is 1. The molecule has 1 amide bonds. The van der Waals surface area contributed by atoms with E-state index in [2.05, 4.69) is 11.4 Å². The molecule has 1 aliphatic rings. The van der Waals surface area contributed by atoms with Crippen molar-refractivity contribution in [2.24, 2.45) is 0 Å². The first-order chi connectivity index (χ1) is 17.6. The molecule has 0 bridgehead atoms. The predicted molar refractivity (Wildman–Crippen MR) is 138 cm³/mol. The number of nitriles is 1. The average molecular weight is 496 g/mol. The molecule has 0 saturated carbocycles. The number of nitrogens with zero attached hydrogens (tertiary/aromatic N) is 2. The zero-order chi connectivity index (χ0) is 24.9. The van der Waals surface area contributed by atoms with Gasteiger partial charge in [-0.15, -0.1) is 11.8 Å². The summed E-state index contributed by atoms with van der Waals surface area (Å²) in [6.07, 6.45) is 4.92. The molecule has 0 unspecified atom stereocenters. The SMILES string of the molecule is N#CCSc1ccccc1NC(=O)COC(=O)c1c2c(nc3ccccc13)/C(=C/c1ccco1)CC2. The number of para-hydroxylation sites is 2. The van der Waals surface area contributed by atoms with Crippen LogP contribution in [-0.4, -0.2) is 29.2 Å². The van der Waals surface area contributed by atoms with E-state index in [9.17, 15) is 9.59 Å². The van der Waals surface area contributed by atoms with Crippen molar-refractivity contribution in [3.63, 3.8) is 0 Å². The Hall–Kier alpha value is -4.35. The van der Waals surface area contributed by atoms with Crippen LogP contribution >= 0.6 is 11.8 Å². The third-order valence-corrected chi connectivity index (χ3v) is 6.73. The van der Waals surface area contributed by atoms with Crippen LogP contribution in [0.25, 0.3) is 22.6 Å². The van der Waals surface area contributed by atoms with Gasteiger partial charge in [-0.2, -0.15) is 5.26 Å². The molecule has 7 nitrogen and oxygen atoms in total. The standard InChI is InChI=1S/C28H21N3O4S/c29-13-15-36-24-10-4-3-9-23(24)30-25(32)17-35-28(33)26-20-7-1-2-8-22(20)31-27-18(11-12-21(26)27)16-19-6-5-14-34-19/h1-10,14,16H,11-12,15,17H2,(H,30,32)/b18-16+. The Morgan fingerprint density at radius 1 is 1.11 bits per heavy atom. The molecule has 2 aromatic heterocycles. The lowest BCUT2D eigenvalue weighted by Crippen LogP contribution is -2.22. The molecule has 1 N–H and O–H groups in total. The molecule has 0 aliphatic heterocycles. The fraction of sp³-hybridized carbons (Fsp3) is 0.143. The van der Waals surface area contributed by atoms with E-state index in [4.69, 9.17) is 19.4 Å². The number of pyridine rings is 1. The van der Waals surface area contributed by atoms with E-state index in [0.29, 0.717) is 28.6 Å². The number of benzene rings is 2. The fourth-order valence-electron chi connectivity index (χ4n) is 4.25. The van der Waals surface area contributed by atoms with E-state index >= 15 is 0 Å². The van der Waals surface area contributed by atoms with Crippen molar-refractivity contribution in [2.45, 2.75) is 17.7 Å². The molecular weight excluding hydrogens is 474 g/mol. The summed E-state index contributed by atoms with van der Waals surface area (Å²) in [6, 6.07) is 20.4. The number of anilines is 1. The van der Waals surface area contributed by atoms with Crippen LogP contribution in [0, 0.1) is 11.3 Å². The molecule has 2 heterocycles. The largest absolute Gasteiger partial charge is 0.465 e. The van der Waals surface area contributed by atoms with Gasteiger partial charge in [0.15, 0.2) is 6.61 Å². The van der Waals surface area contributed by atoms with E-state index in [1.54, 1.807) is 18.4 Å². The molecule has 1 aliphatic carbocycles. The molecular formula is C28H21N3O4S. The molecule has 0 radical (unpaired) electrons. The third-order valence-electron chi connectivity index (χ3n) is 5.79. The zero-order valence-electron chi connectivity index (χ0n) is 19.2. The Balaban J connectivity index is 1.38. The van der Waals surface area contributed by atoms with Crippen molar-refractivity contribution < 1.29 is 18.7 Å². The lowest BCUT2D eigenvalue weighted by molar-refractivity contribution is -0.119. The van der Waals surface area contributed by atoms with Crippen molar-refractivity contribution in [3.05, 3.63) is 89.5 Å². The first-order valence-corrected chi connectivity index (χ1v) is 12.3. The van der Waals surface area contributed by atoms with E-state index in [0.717, 1.165) is 33.9 Å². The maximum Gasteiger partial charge on any atom is 0.339 e. The van der Waals surface area contributed by atoms with Crippen LogP contribution in [0.4, 0.5) is 5.69 Å². The minimum absolute atomic E-state index is 0.262. The number of carbonyl (C=O) groups excluding carboxylic acids is 2. The number of esters is 1. The van der Waals surface area contributed by atoms with Gasteiger partial charge in [-0.25, -0.2) is 9.78 Å². The van der Waals surface area contributed by atoms with Crippen molar-refractivity contribution in [1.29, 1.82) is 5.26 Å². The van der Waals surface area contributed by atoms with Crippen LogP contribution in [0.2, 0.25) is 0 Å². The van der Waals surface area contributed by atoms with Crippen molar-refractivity contribution in [3.8, 4) is 6.07 Å². The molecule has 2 aromatic carbocycles. The first kappa shape index (κ1) is 23.4. The zero-order valence-corrected chi connectivity index (χ0v) is 20.0. The Labute approximate surface area is 211 Å². The topological polar surface area (TPSA) is 105 Å². The van der Waals surface area contributed by atoms with Crippen LogP contribution in [0.15, 0.2) is 76.2 Å². The minimum Gasteiger partial charge on any atom is -0.465 e. The molecule has 178 valence electrons. The van der Waals surface area contributed by atoms with Gasteiger partial charge in [-0.05, 0) is 60.4 Å². The number of thioether (sulfide) groups is 1. The number of amides is 1. The van der Waals surface area contributed by atoms with Gasteiger partial charge >= 0.3 is 5.97 Å².